The Kier molecular flexibility index (Phi) is 6.30. The van der Waals surface area contributed by atoms with Crippen molar-refractivity contribution >= 4 is 12.0 Å². The summed E-state index contributed by atoms with van der Waals surface area (Å²) in [6, 6.07) is 15.1. The molecule has 1 atom stereocenters. The number of amides is 1. The van der Waals surface area contributed by atoms with Crippen LogP contribution in [-0.2, 0) is 24.3 Å². The number of likely N-dealkylation sites (tertiary alicyclic amines) is 1. The van der Waals surface area contributed by atoms with Gasteiger partial charge in [-0.3, -0.25) is 9.69 Å². The van der Waals surface area contributed by atoms with Crippen LogP contribution >= 0.6 is 0 Å². The van der Waals surface area contributed by atoms with Crippen LogP contribution in [0.1, 0.15) is 48.4 Å². The van der Waals surface area contributed by atoms with Crippen molar-refractivity contribution in [2.24, 2.45) is 0 Å². The number of nitrogens with zero attached hydrogens (tertiary/aromatic N) is 1. The molecule has 0 radical (unpaired) electrons. The van der Waals surface area contributed by atoms with Crippen molar-refractivity contribution in [3.05, 3.63) is 70.8 Å². The maximum atomic E-state index is 12.3. The first kappa shape index (κ1) is 19.7. The highest BCUT2D eigenvalue weighted by molar-refractivity contribution is 5.91. The fraction of sp³-hybridized carbons (Fsp3) is 0.400. The highest BCUT2D eigenvalue weighted by Gasteiger charge is 2.19. The van der Waals surface area contributed by atoms with Crippen LogP contribution in [0.3, 0.4) is 0 Å². The molecule has 2 heterocycles. The van der Waals surface area contributed by atoms with Gasteiger partial charge in [-0.1, -0.05) is 36.8 Å². The minimum absolute atomic E-state index is 0.0668. The van der Waals surface area contributed by atoms with Crippen LogP contribution in [-0.4, -0.2) is 30.0 Å². The second-order valence-electron chi connectivity index (χ2n) is 8.10. The van der Waals surface area contributed by atoms with E-state index in [4.69, 9.17) is 4.74 Å². The third-order valence-corrected chi connectivity index (χ3v) is 6.03. The Hall–Kier alpha value is -2.59. The molecule has 0 saturated carbocycles. The normalized spacial score (nSPS) is 19.1. The maximum absolute atomic E-state index is 12.3. The third kappa shape index (κ3) is 5.07. The van der Waals surface area contributed by atoms with Crippen LogP contribution in [0.25, 0.3) is 6.08 Å². The number of hydrogen-bond donors (Lipinski definition) is 1. The molecule has 2 aromatic rings. The summed E-state index contributed by atoms with van der Waals surface area (Å²) >= 11 is 0. The zero-order valence-electron chi connectivity index (χ0n) is 17.2. The van der Waals surface area contributed by atoms with E-state index in [2.05, 4.69) is 41.4 Å². The Labute approximate surface area is 173 Å². The van der Waals surface area contributed by atoms with Crippen LogP contribution < -0.4 is 10.1 Å². The van der Waals surface area contributed by atoms with Crippen molar-refractivity contribution in [2.75, 3.05) is 13.2 Å². The number of rotatable bonds is 6. The van der Waals surface area contributed by atoms with Gasteiger partial charge in [0.2, 0.25) is 5.91 Å². The predicted octanol–water partition coefficient (Wildman–Crippen LogP) is 4.33. The van der Waals surface area contributed by atoms with Gasteiger partial charge in [0, 0.05) is 31.6 Å². The smallest absolute Gasteiger partial charge is 0.244 e. The summed E-state index contributed by atoms with van der Waals surface area (Å²) in [5.41, 5.74) is 4.75. The lowest BCUT2D eigenvalue weighted by atomic mass is 10.0. The minimum atomic E-state index is -0.0668. The van der Waals surface area contributed by atoms with Gasteiger partial charge in [0.05, 0.1) is 6.61 Å². The SMILES string of the molecule is CC1CCCCN1Cc1ccccc1CNC(=O)/C=C/c1ccc2c(c1)CCO2. The zero-order valence-corrected chi connectivity index (χ0v) is 17.2. The molecule has 1 saturated heterocycles. The average molecular weight is 391 g/mol. The molecule has 0 aliphatic carbocycles. The van der Waals surface area contributed by atoms with Gasteiger partial charge in [0.1, 0.15) is 5.75 Å². The van der Waals surface area contributed by atoms with Crippen molar-refractivity contribution in [3.63, 3.8) is 0 Å². The number of carbonyl (C=O) groups is 1. The molecule has 4 nitrogen and oxygen atoms in total. The summed E-state index contributed by atoms with van der Waals surface area (Å²) in [7, 11) is 0. The summed E-state index contributed by atoms with van der Waals surface area (Å²) < 4.78 is 5.53. The zero-order chi connectivity index (χ0) is 20.1. The summed E-state index contributed by atoms with van der Waals surface area (Å²) in [4.78, 5) is 14.9. The molecule has 1 amide bonds. The first-order chi connectivity index (χ1) is 14.2. The summed E-state index contributed by atoms with van der Waals surface area (Å²) in [6.07, 6.45) is 8.32. The molecule has 0 bridgehead atoms. The van der Waals surface area contributed by atoms with Gasteiger partial charge < -0.3 is 10.1 Å². The molecule has 2 aromatic carbocycles. The van der Waals surface area contributed by atoms with Crippen molar-refractivity contribution in [1.29, 1.82) is 0 Å². The largest absolute Gasteiger partial charge is 0.493 e. The molecule has 2 aliphatic heterocycles. The lowest BCUT2D eigenvalue weighted by molar-refractivity contribution is -0.116. The summed E-state index contributed by atoms with van der Waals surface area (Å²) in [5, 5.41) is 3.04. The molecule has 1 unspecified atom stereocenters. The number of benzene rings is 2. The topological polar surface area (TPSA) is 41.6 Å². The Bertz CT molecular complexity index is 890. The van der Waals surface area contributed by atoms with E-state index in [0.29, 0.717) is 12.6 Å². The molecule has 1 N–H and O–H groups in total. The third-order valence-electron chi connectivity index (χ3n) is 6.03. The second kappa shape index (κ2) is 9.27. The quantitative estimate of drug-likeness (QED) is 0.747. The van der Waals surface area contributed by atoms with E-state index in [1.54, 1.807) is 6.08 Å². The molecule has 4 rings (SSSR count). The lowest BCUT2D eigenvalue weighted by Crippen LogP contribution is -2.37. The van der Waals surface area contributed by atoms with Gasteiger partial charge in [0.15, 0.2) is 0 Å². The Balaban J connectivity index is 1.34. The number of fused-ring (bicyclic) bond motifs is 1. The molecular weight excluding hydrogens is 360 g/mol. The van der Waals surface area contributed by atoms with Crippen LogP contribution in [0, 0.1) is 0 Å². The van der Waals surface area contributed by atoms with Crippen LogP contribution in [0.15, 0.2) is 48.5 Å². The van der Waals surface area contributed by atoms with Crippen LogP contribution in [0.2, 0.25) is 0 Å². The minimum Gasteiger partial charge on any atom is -0.493 e. The van der Waals surface area contributed by atoms with E-state index in [0.717, 1.165) is 37.4 Å². The number of ether oxygens (including phenoxy) is 1. The predicted molar refractivity (Wildman–Crippen MR) is 117 cm³/mol. The monoisotopic (exact) mass is 390 g/mol. The van der Waals surface area contributed by atoms with Gasteiger partial charge in [-0.25, -0.2) is 0 Å². The van der Waals surface area contributed by atoms with E-state index in [1.807, 2.05) is 24.3 Å². The van der Waals surface area contributed by atoms with Gasteiger partial charge in [-0.05, 0) is 66.8 Å². The lowest BCUT2D eigenvalue weighted by Gasteiger charge is -2.33. The Morgan fingerprint density at radius 3 is 2.93 bits per heavy atom. The molecular formula is C25H30N2O2. The van der Waals surface area contributed by atoms with Gasteiger partial charge in [0.25, 0.3) is 0 Å². The first-order valence-corrected chi connectivity index (χ1v) is 10.7. The molecule has 1 fully saturated rings. The van der Waals surface area contributed by atoms with Crippen molar-refractivity contribution < 1.29 is 9.53 Å². The average Bonchev–Trinajstić information content (AvgIpc) is 3.21. The number of hydrogen-bond acceptors (Lipinski definition) is 3. The van der Waals surface area contributed by atoms with Crippen molar-refractivity contribution in [1.82, 2.24) is 10.2 Å². The second-order valence-corrected chi connectivity index (χ2v) is 8.10. The van der Waals surface area contributed by atoms with E-state index in [1.165, 1.54) is 36.0 Å². The molecule has 4 heteroatoms. The van der Waals surface area contributed by atoms with Crippen molar-refractivity contribution in [2.45, 2.75) is 51.7 Å². The van der Waals surface area contributed by atoms with Crippen LogP contribution in [0.4, 0.5) is 0 Å². The van der Waals surface area contributed by atoms with E-state index < -0.39 is 0 Å². The first-order valence-electron chi connectivity index (χ1n) is 10.7. The fourth-order valence-corrected chi connectivity index (χ4v) is 4.22. The summed E-state index contributed by atoms with van der Waals surface area (Å²) in [5.74, 6) is 0.897. The molecule has 0 spiro atoms. The molecule has 29 heavy (non-hydrogen) atoms. The Morgan fingerprint density at radius 2 is 2.07 bits per heavy atom. The maximum Gasteiger partial charge on any atom is 0.244 e. The van der Waals surface area contributed by atoms with Gasteiger partial charge in [-0.2, -0.15) is 0 Å². The summed E-state index contributed by atoms with van der Waals surface area (Å²) in [6.45, 7) is 5.74. The highest BCUT2D eigenvalue weighted by atomic mass is 16.5. The van der Waals surface area contributed by atoms with Crippen molar-refractivity contribution in [3.8, 4) is 5.75 Å². The Morgan fingerprint density at radius 1 is 1.21 bits per heavy atom. The molecule has 2 aliphatic rings. The highest BCUT2D eigenvalue weighted by Crippen LogP contribution is 2.26. The van der Waals surface area contributed by atoms with E-state index in [-0.39, 0.29) is 5.91 Å². The molecule has 152 valence electrons. The van der Waals surface area contributed by atoms with E-state index >= 15 is 0 Å². The van der Waals surface area contributed by atoms with Gasteiger partial charge >= 0.3 is 0 Å². The number of piperidine rings is 1. The van der Waals surface area contributed by atoms with Gasteiger partial charge in [-0.15, -0.1) is 0 Å². The number of nitrogens with one attached hydrogen (secondary N) is 1. The standard InChI is InChI=1S/C25H30N2O2/c1-19-6-4-5-14-27(19)18-23-8-3-2-7-22(23)17-26-25(28)12-10-20-9-11-24-21(16-20)13-15-29-24/h2-3,7-12,16,19H,4-6,13-15,17-18H2,1H3,(H,26,28)/b12-10+. The van der Waals surface area contributed by atoms with E-state index in [9.17, 15) is 4.79 Å². The number of carbonyl (C=O) groups excluding carboxylic acids is 1. The molecule has 0 aromatic heterocycles. The van der Waals surface area contributed by atoms with Crippen LogP contribution in [0.5, 0.6) is 5.75 Å². The fourth-order valence-electron chi connectivity index (χ4n) is 4.22.